The van der Waals surface area contributed by atoms with E-state index in [-0.39, 0.29) is 17.1 Å². The molecule has 1 aliphatic heterocycles. The Bertz CT molecular complexity index is 892. The van der Waals surface area contributed by atoms with Crippen molar-refractivity contribution in [3.05, 3.63) is 46.1 Å². The predicted octanol–water partition coefficient (Wildman–Crippen LogP) is 1.35. The van der Waals surface area contributed by atoms with Crippen molar-refractivity contribution in [2.45, 2.75) is 39.0 Å². The second-order valence-corrected chi connectivity index (χ2v) is 7.90. The molecule has 1 aliphatic rings. The van der Waals surface area contributed by atoms with E-state index in [9.17, 15) is 14.4 Å². The molecule has 4 N–H and O–H groups in total. The van der Waals surface area contributed by atoms with Gasteiger partial charge >= 0.3 is 11.8 Å². The lowest BCUT2D eigenvalue weighted by Crippen LogP contribution is -2.35. The molecule has 0 atom stereocenters. The van der Waals surface area contributed by atoms with Crippen molar-refractivity contribution >= 4 is 34.1 Å². The van der Waals surface area contributed by atoms with Gasteiger partial charge in [0.25, 0.3) is 5.91 Å². The fraction of sp³-hybridized carbons (Fsp3) is 0.333. The molecule has 0 unspecified atom stereocenters. The molecule has 0 spiro atoms. The summed E-state index contributed by atoms with van der Waals surface area (Å²) in [5.74, 6) is -2.31. The second-order valence-electron chi connectivity index (χ2n) is 6.80. The number of rotatable bonds is 4. The average molecular weight is 388 g/mol. The molecule has 0 aliphatic carbocycles. The summed E-state index contributed by atoms with van der Waals surface area (Å²) in [5.41, 5.74) is 6.89. The average Bonchev–Trinajstić information content (AvgIpc) is 2.96. The van der Waals surface area contributed by atoms with Crippen LogP contribution in [0.15, 0.2) is 24.5 Å². The van der Waals surface area contributed by atoms with Gasteiger partial charge < -0.3 is 21.1 Å². The lowest BCUT2D eigenvalue weighted by atomic mass is 9.93. The molecular weight excluding hydrogens is 368 g/mol. The zero-order chi connectivity index (χ0) is 19.6. The standard InChI is InChI=1S/C18H20N4O4S/c1-18(2)6-11-12(9-26-18)27-17(13(11)14(19)23)22-16(25)15(24)21-8-10-4-3-5-20-7-10/h3-5,7H,6,8-9H2,1-2H3,(H2,19,23)(H,21,24)(H,22,25). The maximum absolute atomic E-state index is 12.2. The molecule has 8 nitrogen and oxygen atoms in total. The number of hydrogen-bond donors (Lipinski definition) is 3. The molecule has 0 radical (unpaired) electrons. The summed E-state index contributed by atoms with van der Waals surface area (Å²) in [5, 5.41) is 5.30. The van der Waals surface area contributed by atoms with E-state index in [4.69, 9.17) is 10.5 Å². The van der Waals surface area contributed by atoms with E-state index in [0.717, 1.165) is 16.0 Å². The maximum atomic E-state index is 12.2. The Morgan fingerprint density at radius 1 is 1.33 bits per heavy atom. The minimum absolute atomic E-state index is 0.172. The van der Waals surface area contributed by atoms with Crippen molar-refractivity contribution in [1.82, 2.24) is 10.3 Å². The first-order valence-electron chi connectivity index (χ1n) is 8.33. The maximum Gasteiger partial charge on any atom is 0.314 e. The molecule has 9 heteroatoms. The van der Waals surface area contributed by atoms with E-state index < -0.39 is 23.3 Å². The van der Waals surface area contributed by atoms with Gasteiger partial charge in [0.05, 0.1) is 17.8 Å². The molecule has 0 fully saturated rings. The summed E-state index contributed by atoms with van der Waals surface area (Å²) >= 11 is 1.20. The van der Waals surface area contributed by atoms with E-state index in [0.29, 0.717) is 13.0 Å². The minimum Gasteiger partial charge on any atom is -0.370 e. The smallest absolute Gasteiger partial charge is 0.314 e. The molecule has 3 rings (SSSR count). The van der Waals surface area contributed by atoms with Crippen LogP contribution >= 0.6 is 11.3 Å². The SMILES string of the molecule is CC1(C)Cc2c(sc(NC(=O)C(=O)NCc3cccnc3)c2C(N)=O)CO1. The summed E-state index contributed by atoms with van der Waals surface area (Å²) in [6, 6.07) is 3.52. The van der Waals surface area contributed by atoms with Crippen molar-refractivity contribution < 1.29 is 19.1 Å². The second kappa shape index (κ2) is 7.45. The van der Waals surface area contributed by atoms with Crippen LogP contribution < -0.4 is 16.4 Å². The Kier molecular flexibility index (Phi) is 5.24. The minimum atomic E-state index is -0.861. The number of pyridine rings is 1. The molecule has 3 heterocycles. The highest BCUT2D eigenvalue weighted by Crippen LogP contribution is 2.40. The molecule has 0 saturated heterocycles. The zero-order valence-electron chi connectivity index (χ0n) is 15.0. The highest BCUT2D eigenvalue weighted by Gasteiger charge is 2.33. The number of nitrogens with two attached hydrogens (primary N) is 1. The fourth-order valence-electron chi connectivity index (χ4n) is 2.83. The third-order valence-corrected chi connectivity index (χ3v) is 5.26. The van der Waals surface area contributed by atoms with Crippen LogP contribution in [0.25, 0.3) is 0 Å². The number of amides is 3. The first-order valence-corrected chi connectivity index (χ1v) is 9.15. The quantitative estimate of drug-likeness (QED) is 0.682. The Morgan fingerprint density at radius 3 is 2.78 bits per heavy atom. The summed E-state index contributed by atoms with van der Waals surface area (Å²) in [7, 11) is 0. The first-order chi connectivity index (χ1) is 12.8. The number of anilines is 1. The number of thiophene rings is 1. The van der Waals surface area contributed by atoms with Crippen LogP contribution in [0.2, 0.25) is 0 Å². The summed E-state index contributed by atoms with van der Waals surface area (Å²) in [4.78, 5) is 41.0. The number of nitrogens with zero attached hydrogens (tertiary/aromatic N) is 1. The fourth-order valence-corrected chi connectivity index (χ4v) is 3.96. The van der Waals surface area contributed by atoms with Gasteiger partial charge in [-0.05, 0) is 31.0 Å². The third-order valence-electron chi connectivity index (χ3n) is 4.14. The van der Waals surface area contributed by atoms with E-state index in [1.807, 2.05) is 13.8 Å². The van der Waals surface area contributed by atoms with Crippen LogP contribution in [0.4, 0.5) is 5.00 Å². The van der Waals surface area contributed by atoms with Gasteiger partial charge in [-0.25, -0.2) is 0 Å². The Hall–Kier alpha value is -2.78. The summed E-state index contributed by atoms with van der Waals surface area (Å²) < 4.78 is 5.74. The lowest BCUT2D eigenvalue weighted by Gasteiger charge is -2.30. The van der Waals surface area contributed by atoms with Crippen LogP contribution in [0, 0.1) is 0 Å². The number of ether oxygens (including phenoxy) is 1. The Labute approximate surface area is 160 Å². The van der Waals surface area contributed by atoms with Crippen LogP contribution in [0.3, 0.4) is 0 Å². The Morgan fingerprint density at radius 2 is 2.11 bits per heavy atom. The largest absolute Gasteiger partial charge is 0.370 e. The van der Waals surface area contributed by atoms with Gasteiger partial charge in [0.1, 0.15) is 5.00 Å². The summed E-state index contributed by atoms with van der Waals surface area (Å²) in [6.07, 6.45) is 3.71. The highest BCUT2D eigenvalue weighted by atomic mass is 32.1. The van der Waals surface area contributed by atoms with E-state index in [2.05, 4.69) is 15.6 Å². The van der Waals surface area contributed by atoms with E-state index in [1.54, 1.807) is 24.5 Å². The van der Waals surface area contributed by atoms with Crippen LogP contribution in [0.1, 0.15) is 40.2 Å². The van der Waals surface area contributed by atoms with Gasteiger partial charge in [-0.1, -0.05) is 6.07 Å². The first kappa shape index (κ1) is 19.0. The normalized spacial score (nSPS) is 14.9. The number of aromatic nitrogens is 1. The number of primary amides is 1. The topological polar surface area (TPSA) is 123 Å². The summed E-state index contributed by atoms with van der Waals surface area (Å²) in [6.45, 7) is 4.34. The molecule has 2 aromatic heterocycles. The molecule has 142 valence electrons. The van der Waals surface area contributed by atoms with Gasteiger partial charge in [-0.2, -0.15) is 0 Å². The number of hydrogen-bond acceptors (Lipinski definition) is 6. The predicted molar refractivity (Wildman–Crippen MR) is 100 cm³/mol. The Balaban J connectivity index is 1.73. The van der Waals surface area contributed by atoms with Crippen molar-refractivity contribution in [2.24, 2.45) is 5.73 Å². The molecule has 27 heavy (non-hydrogen) atoms. The molecule has 2 aromatic rings. The monoisotopic (exact) mass is 388 g/mol. The van der Waals surface area contributed by atoms with Gasteiger partial charge in [-0.3, -0.25) is 19.4 Å². The van der Waals surface area contributed by atoms with Crippen LogP contribution in [0.5, 0.6) is 0 Å². The van der Waals surface area contributed by atoms with E-state index >= 15 is 0 Å². The zero-order valence-corrected chi connectivity index (χ0v) is 15.8. The number of carbonyl (C=O) groups excluding carboxylic acids is 3. The van der Waals surface area contributed by atoms with Gasteiger partial charge in [0.15, 0.2) is 0 Å². The molecule has 0 bridgehead atoms. The molecular formula is C18H20N4O4S. The van der Waals surface area contributed by atoms with Gasteiger partial charge in [0, 0.05) is 30.2 Å². The number of fused-ring (bicyclic) bond motifs is 1. The van der Waals surface area contributed by atoms with Crippen molar-refractivity contribution in [1.29, 1.82) is 0 Å². The van der Waals surface area contributed by atoms with Crippen LogP contribution in [-0.2, 0) is 33.9 Å². The van der Waals surface area contributed by atoms with Crippen molar-refractivity contribution in [3.8, 4) is 0 Å². The molecule has 0 saturated carbocycles. The molecule has 3 amide bonds. The van der Waals surface area contributed by atoms with Gasteiger partial charge in [0.2, 0.25) is 0 Å². The van der Waals surface area contributed by atoms with Gasteiger partial charge in [-0.15, -0.1) is 11.3 Å². The van der Waals surface area contributed by atoms with Crippen molar-refractivity contribution in [3.63, 3.8) is 0 Å². The van der Waals surface area contributed by atoms with Crippen LogP contribution in [-0.4, -0.2) is 28.3 Å². The van der Waals surface area contributed by atoms with Crippen molar-refractivity contribution in [2.75, 3.05) is 5.32 Å². The molecule has 0 aromatic carbocycles. The third kappa shape index (κ3) is 4.32. The number of nitrogens with one attached hydrogen (secondary N) is 2. The van der Waals surface area contributed by atoms with E-state index in [1.165, 1.54) is 11.3 Å². The lowest BCUT2D eigenvalue weighted by molar-refractivity contribution is -0.136. The highest BCUT2D eigenvalue weighted by molar-refractivity contribution is 7.17. The number of carbonyl (C=O) groups is 3.